The summed E-state index contributed by atoms with van der Waals surface area (Å²) < 4.78 is 5.32. The van der Waals surface area contributed by atoms with Crippen molar-refractivity contribution in [2.45, 2.75) is 18.4 Å². The van der Waals surface area contributed by atoms with Gasteiger partial charge in [-0.3, -0.25) is 4.90 Å². The van der Waals surface area contributed by atoms with E-state index in [2.05, 4.69) is 11.9 Å². The summed E-state index contributed by atoms with van der Waals surface area (Å²) in [4.78, 5) is 16.2. The minimum absolute atomic E-state index is 0.134. The van der Waals surface area contributed by atoms with Gasteiger partial charge in [-0.1, -0.05) is 18.2 Å². The molecule has 2 saturated heterocycles. The van der Waals surface area contributed by atoms with Gasteiger partial charge < -0.3 is 9.64 Å². The molecule has 0 radical (unpaired) electrons. The van der Waals surface area contributed by atoms with Crippen molar-refractivity contribution in [3.63, 3.8) is 0 Å². The van der Waals surface area contributed by atoms with E-state index in [1.807, 2.05) is 35.2 Å². The number of piperidine rings is 1. The number of ether oxygens (including phenoxy) is 1. The lowest BCUT2D eigenvalue weighted by atomic mass is 9.87. The third kappa shape index (κ3) is 1.77. The van der Waals surface area contributed by atoms with Crippen LogP contribution >= 0.6 is 0 Å². The second kappa shape index (κ2) is 4.28. The Bertz CT molecular complexity index is 438. The summed E-state index contributed by atoms with van der Waals surface area (Å²) in [5, 5.41) is 0. The Kier molecular flexibility index (Phi) is 2.74. The van der Waals surface area contributed by atoms with Crippen molar-refractivity contribution in [2.75, 3.05) is 31.6 Å². The molecule has 2 aliphatic rings. The smallest absolute Gasteiger partial charge is 0.415 e. The van der Waals surface area contributed by atoms with Crippen molar-refractivity contribution in [1.82, 2.24) is 4.90 Å². The SMILES string of the molecule is CN1CCC2(CC1)COC(=O)N2c1ccccc1. The summed E-state index contributed by atoms with van der Waals surface area (Å²) in [6.07, 6.45) is 1.75. The lowest BCUT2D eigenvalue weighted by Gasteiger charge is -2.41. The molecule has 2 aliphatic heterocycles. The largest absolute Gasteiger partial charge is 0.447 e. The van der Waals surface area contributed by atoms with Gasteiger partial charge in [0.25, 0.3) is 0 Å². The van der Waals surface area contributed by atoms with E-state index in [1.54, 1.807) is 0 Å². The molecule has 4 heteroatoms. The van der Waals surface area contributed by atoms with E-state index in [0.29, 0.717) is 6.61 Å². The molecule has 18 heavy (non-hydrogen) atoms. The molecule has 0 N–H and O–H groups in total. The fraction of sp³-hybridized carbons (Fsp3) is 0.500. The summed E-state index contributed by atoms with van der Waals surface area (Å²) in [7, 11) is 2.12. The van der Waals surface area contributed by atoms with Crippen molar-refractivity contribution >= 4 is 11.8 Å². The third-order valence-electron chi connectivity index (χ3n) is 4.05. The molecular formula is C14H18N2O2. The van der Waals surface area contributed by atoms with E-state index in [4.69, 9.17) is 4.74 Å². The summed E-state index contributed by atoms with van der Waals surface area (Å²) in [6.45, 7) is 2.55. The molecule has 2 heterocycles. The zero-order valence-electron chi connectivity index (χ0n) is 10.6. The van der Waals surface area contributed by atoms with Crippen molar-refractivity contribution in [3.05, 3.63) is 30.3 Å². The van der Waals surface area contributed by atoms with Crippen LogP contribution in [0.2, 0.25) is 0 Å². The Balaban J connectivity index is 1.93. The van der Waals surface area contributed by atoms with Gasteiger partial charge in [0.05, 0.1) is 5.54 Å². The maximum atomic E-state index is 12.0. The number of benzene rings is 1. The van der Waals surface area contributed by atoms with Gasteiger partial charge in [-0.2, -0.15) is 0 Å². The summed E-state index contributed by atoms with van der Waals surface area (Å²) >= 11 is 0. The highest BCUT2D eigenvalue weighted by Gasteiger charge is 2.49. The lowest BCUT2D eigenvalue weighted by Crippen LogP contribution is -2.54. The van der Waals surface area contributed by atoms with Crippen molar-refractivity contribution in [2.24, 2.45) is 0 Å². The normalized spacial score (nSPS) is 23.4. The van der Waals surface area contributed by atoms with Crippen LogP contribution in [0.1, 0.15) is 12.8 Å². The zero-order chi connectivity index (χ0) is 12.6. The molecule has 0 aliphatic carbocycles. The Hall–Kier alpha value is -1.55. The Labute approximate surface area is 107 Å². The molecule has 4 nitrogen and oxygen atoms in total. The van der Waals surface area contributed by atoms with Gasteiger partial charge in [-0.25, -0.2) is 4.79 Å². The van der Waals surface area contributed by atoms with Crippen LogP contribution in [0.4, 0.5) is 10.5 Å². The Morgan fingerprint density at radius 3 is 2.50 bits per heavy atom. The van der Waals surface area contributed by atoms with Crippen LogP contribution in [-0.2, 0) is 4.74 Å². The fourth-order valence-electron chi connectivity index (χ4n) is 2.88. The predicted octanol–water partition coefficient (Wildman–Crippen LogP) is 2.11. The van der Waals surface area contributed by atoms with Gasteiger partial charge in [0.1, 0.15) is 6.61 Å². The lowest BCUT2D eigenvalue weighted by molar-refractivity contribution is 0.146. The van der Waals surface area contributed by atoms with Gasteiger partial charge in [0, 0.05) is 18.8 Å². The minimum Gasteiger partial charge on any atom is -0.447 e. The molecule has 0 saturated carbocycles. The average molecular weight is 246 g/mol. The van der Waals surface area contributed by atoms with Crippen LogP contribution < -0.4 is 4.90 Å². The fourth-order valence-corrected chi connectivity index (χ4v) is 2.88. The molecule has 1 aromatic carbocycles. The van der Waals surface area contributed by atoms with Crippen LogP contribution in [0.5, 0.6) is 0 Å². The highest BCUT2D eigenvalue weighted by Crippen LogP contribution is 2.37. The first-order valence-corrected chi connectivity index (χ1v) is 6.42. The highest BCUT2D eigenvalue weighted by molar-refractivity contribution is 5.91. The molecule has 0 unspecified atom stereocenters. The van der Waals surface area contributed by atoms with Gasteiger partial charge in [0.2, 0.25) is 0 Å². The van der Waals surface area contributed by atoms with E-state index >= 15 is 0 Å². The monoisotopic (exact) mass is 246 g/mol. The van der Waals surface area contributed by atoms with E-state index < -0.39 is 0 Å². The Morgan fingerprint density at radius 2 is 1.83 bits per heavy atom. The Morgan fingerprint density at radius 1 is 1.17 bits per heavy atom. The number of likely N-dealkylation sites (tertiary alicyclic amines) is 1. The van der Waals surface area contributed by atoms with Gasteiger partial charge >= 0.3 is 6.09 Å². The van der Waals surface area contributed by atoms with Crippen LogP contribution in [0.15, 0.2) is 30.3 Å². The number of hydrogen-bond acceptors (Lipinski definition) is 3. The number of rotatable bonds is 1. The first kappa shape index (κ1) is 11.5. The molecule has 0 aromatic heterocycles. The van der Waals surface area contributed by atoms with E-state index in [9.17, 15) is 4.79 Å². The number of amides is 1. The number of hydrogen-bond donors (Lipinski definition) is 0. The van der Waals surface area contributed by atoms with Crippen LogP contribution in [-0.4, -0.2) is 43.3 Å². The molecule has 3 rings (SSSR count). The molecule has 1 amide bonds. The molecular weight excluding hydrogens is 228 g/mol. The van der Waals surface area contributed by atoms with Crippen LogP contribution in [0, 0.1) is 0 Å². The number of para-hydroxylation sites is 1. The molecule has 0 bridgehead atoms. The number of carbonyl (C=O) groups is 1. The number of nitrogens with zero attached hydrogens (tertiary/aromatic N) is 2. The van der Waals surface area contributed by atoms with E-state index in [1.165, 1.54) is 0 Å². The van der Waals surface area contributed by atoms with E-state index in [-0.39, 0.29) is 11.6 Å². The summed E-state index contributed by atoms with van der Waals surface area (Å²) in [5.41, 5.74) is 0.815. The predicted molar refractivity (Wildman–Crippen MR) is 69.7 cm³/mol. The van der Waals surface area contributed by atoms with Gasteiger partial charge in [0.15, 0.2) is 0 Å². The standard InChI is InChI=1S/C14H18N2O2/c1-15-9-7-14(8-10-15)11-18-13(17)16(14)12-5-3-2-4-6-12/h2-6H,7-11H2,1H3. The maximum absolute atomic E-state index is 12.0. The van der Waals surface area contributed by atoms with E-state index in [0.717, 1.165) is 31.6 Å². The van der Waals surface area contributed by atoms with Crippen LogP contribution in [0.3, 0.4) is 0 Å². The molecule has 1 spiro atoms. The number of anilines is 1. The first-order valence-electron chi connectivity index (χ1n) is 6.42. The van der Waals surface area contributed by atoms with Crippen LogP contribution in [0.25, 0.3) is 0 Å². The third-order valence-corrected chi connectivity index (χ3v) is 4.05. The summed E-state index contributed by atoms with van der Waals surface area (Å²) in [5.74, 6) is 0. The highest BCUT2D eigenvalue weighted by atomic mass is 16.6. The van der Waals surface area contributed by atoms with Crippen molar-refractivity contribution < 1.29 is 9.53 Å². The number of cyclic esters (lactones) is 1. The quantitative estimate of drug-likeness (QED) is 0.761. The van der Waals surface area contributed by atoms with Crippen molar-refractivity contribution in [1.29, 1.82) is 0 Å². The van der Waals surface area contributed by atoms with Crippen molar-refractivity contribution in [3.8, 4) is 0 Å². The molecule has 2 fully saturated rings. The zero-order valence-corrected chi connectivity index (χ0v) is 10.6. The van der Waals surface area contributed by atoms with Gasteiger partial charge in [-0.15, -0.1) is 0 Å². The first-order chi connectivity index (χ1) is 8.71. The van der Waals surface area contributed by atoms with Gasteiger partial charge in [-0.05, 0) is 32.0 Å². The number of carbonyl (C=O) groups excluding carboxylic acids is 1. The molecule has 1 aromatic rings. The topological polar surface area (TPSA) is 32.8 Å². The molecule has 0 atom stereocenters. The maximum Gasteiger partial charge on any atom is 0.415 e. The second-order valence-electron chi connectivity index (χ2n) is 5.25. The summed E-state index contributed by atoms with van der Waals surface area (Å²) in [6, 6.07) is 9.85. The average Bonchev–Trinajstić information content (AvgIpc) is 2.72. The second-order valence-corrected chi connectivity index (χ2v) is 5.25. The minimum atomic E-state index is -0.203. The molecule has 96 valence electrons.